The summed E-state index contributed by atoms with van der Waals surface area (Å²) in [4.78, 5) is 34.7. The van der Waals surface area contributed by atoms with E-state index in [4.69, 9.17) is 10.7 Å². The highest BCUT2D eigenvalue weighted by molar-refractivity contribution is 9.10. The number of carbonyl (C=O) groups is 2. The Balaban J connectivity index is 0.000000165. The van der Waals surface area contributed by atoms with Gasteiger partial charge in [0.05, 0.1) is 27.9 Å². The molecule has 6 nitrogen and oxygen atoms in total. The summed E-state index contributed by atoms with van der Waals surface area (Å²) in [7, 11) is 0. The van der Waals surface area contributed by atoms with Gasteiger partial charge in [-0.1, -0.05) is 100.0 Å². The summed E-state index contributed by atoms with van der Waals surface area (Å²) >= 11 is 6.74. The van der Waals surface area contributed by atoms with Crippen molar-refractivity contribution < 1.29 is 9.59 Å². The van der Waals surface area contributed by atoms with E-state index in [0.29, 0.717) is 16.8 Å². The van der Waals surface area contributed by atoms with Crippen LogP contribution in [0.15, 0.2) is 131 Å². The lowest BCUT2D eigenvalue weighted by atomic mass is 10.1. The van der Waals surface area contributed by atoms with Gasteiger partial charge in [-0.15, -0.1) is 0 Å². The van der Waals surface area contributed by atoms with E-state index in [1.165, 1.54) is 0 Å². The van der Waals surface area contributed by atoms with Gasteiger partial charge < -0.3 is 5.73 Å². The molecule has 3 aromatic heterocycles. The van der Waals surface area contributed by atoms with Crippen LogP contribution < -0.4 is 5.73 Å². The second-order valence-corrected chi connectivity index (χ2v) is 11.6. The molecular formula is C37H30Br2N4O2. The van der Waals surface area contributed by atoms with Crippen molar-refractivity contribution in [1.82, 2.24) is 15.0 Å². The number of nitrogen functional groups attached to an aromatic ring is 1. The van der Waals surface area contributed by atoms with E-state index in [2.05, 4.69) is 84.3 Å². The van der Waals surface area contributed by atoms with Crippen LogP contribution >= 0.6 is 31.9 Å². The highest BCUT2D eigenvalue weighted by Gasteiger charge is 2.06. The summed E-state index contributed by atoms with van der Waals surface area (Å²) in [6.07, 6.45) is 4.21. The standard InChI is InChI=1S/C18H11BrN2.C10H8N2O.C8H7BrO.CH4/c19-15-8-5-12(6-9-15)16-10-7-14-4-3-13-2-1-11-20-17(13)18(14)21-16;11-9-8(6-13)4-3-7-2-1-5-12-10(7)9;1-6(10)7-2-4-8(9)5-3-7;/h1-11H;1-6H,11H2;2-5H,1H3;1H4. The minimum atomic E-state index is 0. The predicted octanol–water partition coefficient (Wildman–Crippen LogP) is 10.1. The van der Waals surface area contributed by atoms with E-state index in [-0.39, 0.29) is 13.2 Å². The summed E-state index contributed by atoms with van der Waals surface area (Å²) in [6.45, 7) is 1.56. The molecule has 0 radical (unpaired) electrons. The van der Waals surface area contributed by atoms with E-state index < -0.39 is 0 Å². The lowest BCUT2D eigenvalue weighted by Crippen LogP contribution is -1.95. The fraction of sp³-hybridized carbons (Fsp3) is 0.0541. The number of aromatic nitrogens is 3. The molecule has 224 valence electrons. The van der Waals surface area contributed by atoms with Crippen LogP contribution in [0, 0.1) is 0 Å². The highest BCUT2D eigenvalue weighted by atomic mass is 79.9. The van der Waals surface area contributed by atoms with E-state index >= 15 is 0 Å². The first-order chi connectivity index (χ1) is 21.3. The summed E-state index contributed by atoms with van der Waals surface area (Å²) < 4.78 is 2.07. The Hall–Kier alpha value is -4.79. The number of hydrogen-bond acceptors (Lipinski definition) is 6. The number of pyridine rings is 3. The number of ketones is 1. The number of aldehydes is 1. The van der Waals surface area contributed by atoms with Crippen molar-refractivity contribution in [3.05, 3.63) is 142 Å². The van der Waals surface area contributed by atoms with Gasteiger partial charge in [-0.3, -0.25) is 19.6 Å². The maximum Gasteiger partial charge on any atom is 0.159 e. The Morgan fingerprint density at radius 2 is 1.18 bits per heavy atom. The van der Waals surface area contributed by atoms with Crippen molar-refractivity contribution in [2.24, 2.45) is 0 Å². The van der Waals surface area contributed by atoms with Crippen LogP contribution in [0.5, 0.6) is 0 Å². The molecule has 0 atom stereocenters. The molecule has 7 rings (SSSR count). The van der Waals surface area contributed by atoms with Crippen LogP contribution in [0.25, 0.3) is 44.0 Å². The SMILES string of the molecule is Brc1ccc(-c2ccc3ccc4cccnc4c3n2)cc1.C.CC(=O)c1ccc(Br)cc1.Nc1c(C=O)ccc2cccnc12. The molecule has 45 heavy (non-hydrogen) atoms. The van der Waals surface area contributed by atoms with Crippen LogP contribution in [-0.4, -0.2) is 27.0 Å². The molecule has 0 spiro atoms. The van der Waals surface area contributed by atoms with Crippen molar-refractivity contribution in [2.75, 3.05) is 5.73 Å². The smallest absolute Gasteiger partial charge is 0.159 e. The van der Waals surface area contributed by atoms with Crippen LogP contribution in [-0.2, 0) is 0 Å². The maximum absolute atomic E-state index is 10.7. The van der Waals surface area contributed by atoms with Crippen molar-refractivity contribution in [1.29, 1.82) is 0 Å². The molecule has 0 aliphatic rings. The number of anilines is 1. The monoisotopic (exact) mass is 720 g/mol. The average molecular weight is 722 g/mol. The molecular weight excluding hydrogens is 692 g/mol. The number of benzene rings is 4. The molecule has 8 heteroatoms. The van der Waals surface area contributed by atoms with Gasteiger partial charge in [0.15, 0.2) is 12.1 Å². The highest BCUT2D eigenvalue weighted by Crippen LogP contribution is 2.27. The maximum atomic E-state index is 10.7. The van der Waals surface area contributed by atoms with Crippen LogP contribution in [0.4, 0.5) is 5.69 Å². The van der Waals surface area contributed by atoms with Crippen LogP contribution in [0.3, 0.4) is 0 Å². The zero-order valence-corrected chi connectivity index (χ0v) is 26.8. The molecule has 3 heterocycles. The first-order valence-corrected chi connectivity index (χ1v) is 15.2. The Labute approximate surface area is 278 Å². The van der Waals surface area contributed by atoms with Crippen molar-refractivity contribution >= 4 is 82.3 Å². The van der Waals surface area contributed by atoms with Gasteiger partial charge in [-0.05, 0) is 55.5 Å². The fourth-order valence-electron chi connectivity index (χ4n) is 4.48. The second kappa shape index (κ2) is 15.3. The van der Waals surface area contributed by atoms with Gasteiger partial charge in [-0.25, -0.2) is 4.98 Å². The molecule has 0 saturated heterocycles. The third kappa shape index (κ3) is 8.03. The predicted molar refractivity (Wildman–Crippen MR) is 193 cm³/mol. The van der Waals surface area contributed by atoms with E-state index in [1.54, 1.807) is 31.3 Å². The van der Waals surface area contributed by atoms with Gasteiger partial charge >= 0.3 is 0 Å². The lowest BCUT2D eigenvalue weighted by Gasteiger charge is -2.06. The minimum Gasteiger partial charge on any atom is -0.396 e. The molecule has 7 aromatic rings. The molecule has 4 aromatic carbocycles. The fourth-order valence-corrected chi connectivity index (χ4v) is 5.00. The third-order valence-corrected chi connectivity index (χ3v) is 7.85. The van der Waals surface area contributed by atoms with Crippen LogP contribution in [0.2, 0.25) is 0 Å². The molecule has 0 aliphatic carbocycles. The molecule has 0 unspecified atom stereocenters. The normalized spacial score (nSPS) is 10.2. The summed E-state index contributed by atoms with van der Waals surface area (Å²) in [5.41, 5.74) is 12.1. The number of nitrogens with two attached hydrogens (primary N) is 1. The zero-order chi connectivity index (χ0) is 31.1. The lowest BCUT2D eigenvalue weighted by molar-refractivity contribution is 0.101. The van der Waals surface area contributed by atoms with Crippen molar-refractivity contribution in [3.8, 4) is 11.3 Å². The summed E-state index contributed by atoms with van der Waals surface area (Å²) in [6, 6.07) is 35.1. The van der Waals surface area contributed by atoms with Gasteiger partial charge in [-0.2, -0.15) is 0 Å². The van der Waals surface area contributed by atoms with Gasteiger partial charge in [0, 0.05) is 54.2 Å². The van der Waals surface area contributed by atoms with Crippen LogP contribution in [0.1, 0.15) is 35.1 Å². The van der Waals surface area contributed by atoms with E-state index in [1.807, 2.05) is 54.7 Å². The topological polar surface area (TPSA) is 98.8 Å². The molecule has 0 amide bonds. The number of carbonyl (C=O) groups excluding carboxylic acids is 2. The van der Waals surface area contributed by atoms with Gasteiger partial charge in [0.1, 0.15) is 0 Å². The zero-order valence-electron chi connectivity index (χ0n) is 23.6. The Morgan fingerprint density at radius 1 is 0.667 bits per heavy atom. The summed E-state index contributed by atoms with van der Waals surface area (Å²) in [5.74, 6) is 0.104. The molecule has 0 fully saturated rings. The Morgan fingerprint density at radius 3 is 1.78 bits per heavy atom. The van der Waals surface area contributed by atoms with Gasteiger partial charge in [0.2, 0.25) is 0 Å². The van der Waals surface area contributed by atoms with E-state index in [0.717, 1.165) is 59.2 Å². The molecule has 0 bridgehead atoms. The number of Topliss-reactive ketones (excluding diaryl/α,β-unsaturated/α-hetero) is 1. The second-order valence-electron chi connectivity index (χ2n) is 9.74. The van der Waals surface area contributed by atoms with Crippen molar-refractivity contribution in [3.63, 3.8) is 0 Å². The first-order valence-electron chi connectivity index (χ1n) is 13.6. The van der Waals surface area contributed by atoms with Crippen molar-refractivity contribution in [2.45, 2.75) is 14.4 Å². The minimum absolute atomic E-state index is 0. The number of hydrogen-bond donors (Lipinski definition) is 1. The molecule has 0 aliphatic heterocycles. The number of nitrogens with zero attached hydrogens (tertiary/aromatic N) is 3. The molecule has 2 N–H and O–H groups in total. The van der Waals surface area contributed by atoms with Gasteiger partial charge in [0.25, 0.3) is 0 Å². The largest absolute Gasteiger partial charge is 0.396 e. The number of rotatable bonds is 3. The quantitative estimate of drug-likeness (QED) is 0.0844. The number of fused-ring (bicyclic) bond motifs is 4. The Kier molecular flexibility index (Phi) is 11.2. The third-order valence-electron chi connectivity index (χ3n) is 6.80. The Bertz CT molecular complexity index is 2100. The summed E-state index contributed by atoms with van der Waals surface area (Å²) in [5, 5.41) is 3.18. The average Bonchev–Trinajstić information content (AvgIpc) is 3.06. The first kappa shape index (κ1) is 33.1. The van der Waals surface area contributed by atoms with E-state index in [9.17, 15) is 9.59 Å². The molecule has 0 saturated carbocycles. The number of halogens is 2.